The van der Waals surface area contributed by atoms with Crippen molar-refractivity contribution in [3.8, 4) is 0 Å². The Balaban J connectivity index is 1.84. The first-order valence-electron chi connectivity index (χ1n) is 10.8. The first-order valence-corrected chi connectivity index (χ1v) is 11.6. The SMILES string of the molecule is CCCCCCCCCCCCCCCCNC(=O)c1ccccc1Br. The van der Waals surface area contributed by atoms with Crippen molar-refractivity contribution >= 4 is 21.8 Å². The van der Waals surface area contributed by atoms with Gasteiger partial charge in [0.2, 0.25) is 0 Å². The Labute approximate surface area is 169 Å². The minimum atomic E-state index is 0.0205. The summed E-state index contributed by atoms with van der Waals surface area (Å²) in [6.07, 6.45) is 19.0. The van der Waals surface area contributed by atoms with Gasteiger partial charge in [0.05, 0.1) is 5.56 Å². The zero-order chi connectivity index (χ0) is 18.9. The maximum absolute atomic E-state index is 12.1. The lowest BCUT2D eigenvalue weighted by molar-refractivity contribution is 0.0952. The molecule has 0 fully saturated rings. The maximum atomic E-state index is 12.1. The van der Waals surface area contributed by atoms with Crippen LogP contribution in [0.15, 0.2) is 28.7 Å². The molecule has 0 spiro atoms. The maximum Gasteiger partial charge on any atom is 0.252 e. The third kappa shape index (κ3) is 11.7. The van der Waals surface area contributed by atoms with Crippen LogP contribution in [0.25, 0.3) is 0 Å². The molecule has 1 aromatic rings. The van der Waals surface area contributed by atoms with Gasteiger partial charge in [0.1, 0.15) is 0 Å². The Hall–Kier alpha value is -0.830. The molecule has 0 saturated carbocycles. The Kier molecular flexibility index (Phi) is 14.6. The van der Waals surface area contributed by atoms with E-state index in [1.807, 2.05) is 24.3 Å². The second-order valence-electron chi connectivity index (χ2n) is 7.33. The van der Waals surface area contributed by atoms with E-state index in [-0.39, 0.29) is 5.91 Å². The van der Waals surface area contributed by atoms with E-state index in [0.29, 0.717) is 0 Å². The molecule has 0 heterocycles. The summed E-state index contributed by atoms with van der Waals surface area (Å²) in [7, 11) is 0. The molecule has 148 valence electrons. The Morgan fingerprint density at radius 2 is 1.23 bits per heavy atom. The standard InChI is InChI=1S/C23H38BrNO/c1-2-3-4-5-6-7-8-9-10-11-12-13-14-17-20-25-23(26)21-18-15-16-19-22(21)24/h15-16,18-19H,2-14,17,20H2,1H3,(H,25,26). The molecule has 1 amide bonds. The fourth-order valence-electron chi connectivity index (χ4n) is 3.26. The first-order chi connectivity index (χ1) is 12.8. The molecule has 2 nitrogen and oxygen atoms in total. The van der Waals surface area contributed by atoms with E-state index in [4.69, 9.17) is 0 Å². The number of halogens is 1. The summed E-state index contributed by atoms with van der Waals surface area (Å²) in [5, 5.41) is 3.01. The van der Waals surface area contributed by atoms with E-state index in [2.05, 4.69) is 28.2 Å². The molecule has 0 aliphatic heterocycles. The van der Waals surface area contributed by atoms with Crippen molar-refractivity contribution < 1.29 is 4.79 Å². The van der Waals surface area contributed by atoms with Gasteiger partial charge in [0, 0.05) is 11.0 Å². The fourth-order valence-corrected chi connectivity index (χ4v) is 3.73. The second-order valence-corrected chi connectivity index (χ2v) is 8.19. The van der Waals surface area contributed by atoms with E-state index >= 15 is 0 Å². The van der Waals surface area contributed by atoms with Gasteiger partial charge >= 0.3 is 0 Å². The fraction of sp³-hybridized carbons (Fsp3) is 0.696. The molecular weight excluding hydrogens is 386 g/mol. The normalized spacial score (nSPS) is 10.8. The van der Waals surface area contributed by atoms with Crippen molar-refractivity contribution in [3.05, 3.63) is 34.3 Å². The minimum absolute atomic E-state index is 0.0205. The topological polar surface area (TPSA) is 29.1 Å². The summed E-state index contributed by atoms with van der Waals surface area (Å²) in [6, 6.07) is 7.58. The van der Waals surface area contributed by atoms with Crippen molar-refractivity contribution in [1.29, 1.82) is 0 Å². The number of nitrogens with one attached hydrogen (secondary N) is 1. The predicted molar refractivity (Wildman–Crippen MR) is 117 cm³/mol. The molecule has 0 unspecified atom stereocenters. The molecule has 0 saturated heterocycles. The van der Waals surface area contributed by atoms with Gasteiger partial charge in [0.25, 0.3) is 5.91 Å². The molecule has 26 heavy (non-hydrogen) atoms. The smallest absolute Gasteiger partial charge is 0.252 e. The van der Waals surface area contributed by atoms with Crippen LogP contribution in [0.4, 0.5) is 0 Å². The van der Waals surface area contributed by atoms with Gasteiger partial charge in [-0.3, -0.25) is 4.79 Å². The van der Waals surface area contributed by atoms with Crippen LogP contribution in [0.5, 0.6) is 0 Å². The van der Waals surface area contributed by atoms with Crippen LogP contribution in [-0.2, 0) is 0 Å². The van der Waals surface area contributed by atoms with Gasteiger partial charge in [-0.1, -0.05) is 103 Å². The van der Waals surface area contributed by atoms with Crippen LogP contribution in [0.1, 0.15) is 107 Å². The quantitative estimate of drug-likeness (QED) is 0.271. The lowest BCUT2D eigenvalue weighted by Crippen LogP contribution is -2.24. The highest BCUT2D eigenvalue weighted by atomic mass is 79.9. The largest absolute Gasteiger partial charge is 0.352 e. The molecule has 0 aliphatic rings. The van der Waals surface area contributed by atoms with Crippen molar-refractivity contribution in [2.24, 2.45) is 0 Å². The number of amides is 1. The van der Waals surface area contributed by atoms with Crippen molar-refractivity contribution in [2.45, 2.75) is 96.8 Å². The van der Waals surface area contributed by atoms with E-state index in [1.54, 1.807) is 0 Å². The van der Waals surface area contributed by atoms with Gasteiger partial charge in [-0.2, -0.15) is 0 Å². The lowest BCUT2D eigenvalue weighted by Gasteiger charge is -2.07. The number of carbonyl (C=O) groups excluding carboxylic acids is 1. The highest BCUT2D eigenvalue weighted by Crippen LogP contribution is 2.16. The number of unbranched alkanes of at least 4 members (excludes halogenated alkanes) is 13. The molecule has 3 heteroatoms. The minimum Gasteiger partial charge on any atom is -0.352 e. The third-order valence-electron chi connectivity index (χ3n) is 4.93. The Bertz CT molecular complexity index is 475. The second kappa shape index (κ2) is 16.4. The molecule has 0 aliphatic carbocycles. The van der Waals surface area contributed by atoms with Crippen molar-refractivity contribution in [2.75, 3.05) is 6.54 Å². The van der Waals surface area contributed by atoms with Gasteiger partial charge < -0.3 is 5.32 Å². The molecule has 0 atom stereocenters. The van der Waals surface area contributed by atoms with Crippen LogP contribution in [0, 0.1) is 0 Å². The summed E-state index contributed by atoms with van der Waals surface area (Å²) >= 11 is 3.42. The van der Waals surface area contributed by atoms with Crippen LogP contribution in [0.2, 0.25) is 0 Å². The average molecular weight is 424 g/mol. The van der Waals surface area contributed by atoms with E-state index in [0.717, 1.165) is 23.0 Å². The Morgan fingerprint density at radius 3 is 1.73 bits per heavy atom. The van der Waals surface area contributed by atoms with Crippen molar-refractivity contribution in [3.63, 3.8) is 0 Å². The molecule has 0 bridgehead atoms. The highest BCUT2D eigenvalue weighted by molar-refractivity contribution is 9.10. The molecule has 1 aromatic carbocycles. The number of hydrogen-bond acceptors (Lipinski definition) is 1. The molecule has 0 radical (unpaired) electrons. The average Bonchev–Trinajstić information content (AvgIpc) is 2.65. The number of rotatable bonds is 16. The Morgan fingerprint density at radius 1 is 0.769 bits per heavy atom. The summed E-state index contributed by atoms with van der Waals surface area (Å²) < 4.78 is 0.860. The summed E-state index contributed by atoms with van der Waals surface area (Å²) in [5.41, 5.74) is 0.720. The molecule has 1 rings (SSSR count). The summed E-state index contributed by atoms with van der Waals surface area (Å²) in [4.78, 5) is 12.1. The van der Waals surface area contributed by atoms with E-state index in [9.17, 15) is 4.79 Å². The highest BCUT2D eigenvalue weighted by Gasteiger charge is 2.07. The third-order valence-corrected chi connectivity index (χ3v) is 5.63. The summed E-state index contributed by atoms with van der Waals surface area (Å²) in [6.45, 7) is 3.05. The van der Waals surface area contributed by atoms with E-state index < -0.39 is 0 Å². The molecule has 1 N–H and O–H groups in total. The lowest BCUT2D eigenvalue weighted by atomic mass is 10.0. The van der Waals surface area contributed by atoms with Crippen LogP contribution in [0.3, 0.4) is 0 Å². The van der Waals surface area contributed by atoms with Gasteiger partial charge in [-0.05, 0) is 34.5 Å². The van der Waals surface area contributed by atoms with Gasteiger partial charge in [-0.25, -0.2) is 0 Å². The zero-order valence-electron chi connectivity index (χ0n) is 16.7. The van der Waals surface area contributed by atoms with Crippen molar-refractivity contribution in [1.82, 2.24) is 5.32 Å². The van der Waals surface area contributed by atoms with Crippen LogP contribution < -0.4 is 5.32 Å². The van der Waals surface area contributed by atoms with Crippen LogP contribution >= 0.6 is 15.9 Å². The number of hydrogen-bond donors (Lipinski definition) is 1. The molecular formula is C23H38BrNO. The summed E-state index contributed by atoms with van der Waals surface area (Å²) in [5.74, 6) is 0.0205. The first kappa shape index (κ1) is 23.2. The monoisotopic (exact) mass is 423 g/mol. The molecule has 0 aromatic heterocycles. The van der Waals surface area contributed by atoms with Crippen LogP contribution in [-0.4, -0.2) is 12.5 Å². The number of carbonyl (C=O) groups is 1. The number of benzene rings is 1. The van der Waals surface area contributed by atoms with Gasteiger partial charge in [-0.15, -0.1) is 0 Å². The van der Waals surface area contributed by atoms with E-state index in [1.165, 1.54) is 83.5 Å². The van der Waals surface area contributed by atoms with Gasteiger partial charge in [0.15, 0.2) is 0 Å². The predicted octanol–water partition coefficient (Wildman–Crippen LogP) is 7.66. The zero-order valence-corrected chi connectivity index (χ0v) is 18.3.